The van der Waals surface area contributed by atoms with E-state index < -0.39 is 0 Å². The molecule has 1 heterocycles. The van der Waals surface area contributed by atoms with Crippen LogP contribution in [0.25, 0.3) is 0 Å². The molecule has 0 aliphatic carbocycles. The molecular formula is C19H20N2O3. The summed E-state index contributed by atoms with van der Waals surface area (Å²) in [5, 5.41) is 2.76. The van der Waals surface area contributed by atoms with E-state index in [0.29, 0.717) is 17.0 Å². The van der Waals surface area contributed by atoms with Gasteiger partial charge < -0.3 is 15.0 Å². The second kappa shape index (κ2) is 7.64. The first-order chi connectivity index (χ1) is 11.7. The standard InChI is InChI=1S/C19H20N2O3/c22-18(14-24-17-9-2-1-3-10-17)20-16-8-6-7-15(13-16)19(23)21-11-4-5-12-21/h1-3,6-10,13H,4-5,11-12,14H2,(H,20,22). The Labute approximate surface area is 141 Å². The van der Waals surface area contributed by atoms with Crippen LogP contribution in [0.3, 0.4) is 0 Å². The van der Waals surface area contributed by atoms with Gasteiger partial charge in [0.05, 0.1) is 0 Å². The average Bonchev–Trinajstić information content (AvgIpc) is 3.15. The fourth-order valence-electron chi connectivity index (χ4n) is 2.70. The number of ether oxygens (including phenoxy) is 1. The minimum Gasteiger partial charge on any atom is -0.484 e. The molecule has 1 aliphatic heterocycles. The maximum Gasteiger partial charge on any atom is 0.262 e. The molecule has 0 aromatic heterocycles. The van der Waals surface area contributed by atoms with E-state index in [1.54, 1.807) is 36.4 Å². The topological polar surface area (TPSA) is 58.6 Å². The second-order valence-electron chi connectivity index (χ2n) is 5.73. The SMILES string of the molecule is O=C(COc1ccccc1)Nc1cccc(C(=O)N2CCCC2)c1. The summed E-state index contributed by atoms with van der Waals surface area (Å²) in [5.41, 5.74) is 1.19. The van der Waals surface area contributed by atoms with E-state index in [2.05, 4.69) is 5.32 Å². The van der Waals surface area contributed by atoms with E-state index in [-0.39, 0.29) is 18.4 Å². The Hall–Kier alpha value is -2.82. The van der Waals surface area contributed by atoms with Gasteiger partial charge in [-0.3, -0.25) is 9.59 Å². The van der Waals surface area contributed by atoms with Gasteiger partial charge in [0.1, 0.15) is 5.75 Å². The summed E-state index contributed by atoms with van der Waals surface area (Å²) >= 11 is 0. The predicted octanol–water partition coefficient (Wildman–Crippen LogP) is 2.94. The molecule has 24 heavy (non-hydrogen) atoms. The van der Waals surface area contributed by atoms with Crippen LogP contribution in [0, 0.1) is 0 Å². The number of amides is 2. The predicted molar refractivity (Wildman–Crippen MR) is 92.1 cm³/mol. The monoisotopic (exact) mass is 324 g/mol. The lowest BCUT2D eigenvalue weighted by molar-refractivity contribution is -0.118. The van der Waals surface area contributed by atoms with Crippen molar-refractivity contribution in [2.24, 2.45) is 0 Å². The van der Waals surface area contributed by atoms with Gasteiger partial charge in [0.15, 0.2) is 6.61 Å². The van der Waals surface area contributed by atoms with Crippen LogP contribution in [0.15, 0.2) is 54.6 Å². The van der Waals surface area contributed by atoms with E-state index in [1.165, 1.54) is 0 Å². The second-order valence-corrected chi connectivity index (χ2v) is 5.73. The summed E-state index contributed by atoms with van der Waals surface area (Å²) in [4.78, 5) is 26.2. The summed E-state index contributed by atoms with van der Waals surface area (Å²) in [6.45, 7) is 1.54. The van der Waals surface area contributed by atoms with Gasteiger partial charge in [-0.25, -0.2) is 0 Å². The number of para-hydroxylation sites is 1. The first-order valence-corrected chi connectivity index (χ1v) is 8.09. The highest BCUT2D eigenvalue weighted by Crippen LogP contribution is 2.16. The van der Waals surface area contributed by atoms with Crippen LogP contribution in [-0.4, -0.2) is 36.4 Å². The fourth-order valence-corrected chi connectivity index (χ4v) is 2.70. The highest BCUT2D eigenvalue weighted by molar-refractivity contribution is 5.97. The smallest absolute Gasteiger partial charge is 0.262 e. The highest BCUT2D eigenvalue weighted by Gasteiger charge is 2.19. The number of carbonyl (C=O) groups is 2. The molecule has 1 aliphatic rings. The molecule has 1 fully saturated rings. The number of likely N-dealkylation sites (tertiary alicyclic amines) is 1. The van der Waals surface area contributed by atoms with Gasteiger partial charge in [-0.05, 0) is 43.2 Å². The van der Waals surface area contributed by atoms with Gasteiger partial charge in [-0.15, -0.1) is 0 Å². The van der Waals surface area contributed by atoms with Gasteiger partial charge in [0.25, 0.3) is 11.8 Å². The Bertz CT molecular complexity index is 710. The molecule has 2 amide bonds. The van der Waals surface area contributed by atoms with E-state index in [1.807, 2.05) is 23.1 Å². The number of carbonyl (C=O) groups excluding carboxylic acids is 2. The minimum atomic E-state index is -0.260. The number of hydrogen-bond donors (Lipinski definition) is 1. The molecule has 5 heteroatoms. The van der Waals surface area contributed by atoms with Crippen molar-refractivity contribution in [1.29, 1.82) is 0 Å². The molecule has 0 atom stereocenters. The number of hydrogen-bond acceptors (Lipinski definition) is 3. The third kappa shape index (κ3) is 4.13. The molecule has 124 valence electrons. The third-order valence-electron chi connectivity index (χ3n) is 3.90. The minimum absolute atomic E-state index is 0.0177. The molecule has 2 aromatic rings. The maximum atomic E-state index is 12.4. The normalized spacial score (nSPS) is 13.6. The Morgan fingerprint density at radius 2 is 1.75 bits per heavy atom. The molecular weight excluding hydrogens is 304 g/mol. The van der Waals surface area contributed by atoms with Crippen molar-refractivity contribution >= 4 is 17.5 Å². The zero-order chi connectivity index (χ0) is 16.8. The van der Waals surface area contributed by atoms with E-state index in [0.717, 1.165) is 25.9 Å². The van der Waals surface area contributed by atoms with Crippen LogP contribution < -0.4 is 10.1 Å². The molecule has 2 aromatic carbocycles. The van der Waals surface area contributed by atoms with Crippen LogP contribution in [0.2, 0.25) is 0 Å². The summed E-state index contributed by atoms with van der Waals surface area (Å²) in [5.74, 6) is 0.402. The molecule has 5 nitrogen and oxygen atoms in total. The summed E-state index contributed by atoms with van der Waals surface area (Å²) in [6.07, 6.45) is 2.11. The van der Waals surface area contributed by atoms with Crippen LogP contribution in [0.5, 0.6) is 5.75 Å². The molecule has 0 radical (unpaired) electrons. The lowest BCUT2D eigenvalue weighted by Gasteiger charge is -2.15. The number of nitrogens with zero attached hydrogens (tertiary/aromatic N) is 1. The van der Waals surface area contributed by atoms with E-state index >= 15 is 0 Å². The zero-order valence-corrected chi connectivity index (χ0v) is 13.4. The molecule has 0 spiro atoms. The van der Waals surface area contributed by atoms with Gasteiger partial charge >= 0.3 is 0 Å². The van der Waals surface area contributed by atoms with Gasteiger partial charge in [-0.2, -0.15) is 0 Å². The fraction of sp³-hybridized carbons (Fsp3) is 0.263. The van der Waals surface area contributed by atoms with Crippen molar-refractivity contribution in [2.45, 2.75) is 12.8 Å². The Morgan fingerprint density at radius 3 is 2.50 bits per heavy atom. The van der Waals surface area contributed by atoms with Crippen molar-refractivity contribution in [1.82, 2.24) is 4.90 Å². The Morgan fingerprint density at radius 1 is 1.00 bits per heavy atom. The quantitative estimate of drug-likeness (QED) is 0.920. The van der Waals surface area contributed by atoms with Gasteiger partial charge in [-0.1, -0.05) is 24.3 Å². The number of rotatable bonds is 5. The van der Waals surface area contributed by atoms with Crippen molar-refractivity contribution in [2.75, 3.05) is 25.0 Å². The number of nitrogens with one attached hydrogen (secondary N) is 1. The molecule has 0 saturated carbocycles. The molecule has 3 rings (SSSR count). The summed E-state index contributed by atoms with van der Waals surface area (Å²) < 4.78 is 5.41. The van der Waals surface area contributed by atoms with Crippen molar-refractivity contribution in [3.8, 4) is 5.75 Å². The average molecular weight is 324 g/mol. The maximum absolute atomic E-state index is 12.4. The van der Waals surface area contributed by atoms with Crippen molar-refractivity contribution in [3.05, 3.63) is 60.2 Å². The lowest BCUT2D eigenvalue weighted by Crippen LogP contribution is -2.27. The molecule has 1 saturated heterocycles. The van der Waals surface area contributed by atoms with E-state index in [4.69, 9.17) is 4.74 Å². The summed E-state index contributed by atoms with van der Waals surface area (Å²) in [6, 6.07) is 16.2. The zero-order valence-electron chi connectivity index (χ0n) is 13.4. The highest BCUT2D eigenvalue weighted by atomic mass is 16.5. The number of benzene rings is 2. The number of anilines is 1. The molecule has 0 unspecified atom stereocenters. The van der Waals surface area contributed by atoms with Crippen LogP contribution in [0.4, 0.5) is 5.69 Å². The first kappa shape index (κ1) is 16.1. The van der Waals surface area contributed by atoms with Crippen LogP contribution in [0.1, 0.15) is 23.2 Å². The molecule has 1 N–H and O–H groups in total. The van der Waals surface area contributed by atoms with Gasteiger partial charge in [0.2, 0.25) is 0 Å². The largest absolute Gasteiger partial charge is 0.484 e. The van der Waals surface area contributed by atoms with Crippen molar-refractivity contribution < 1.29 is 14.3 Å². The Kier molecular flexibility index (Phi) is 5.11. The van der Waals surface area contributed by atoms with Crippen molar-refractivity contribution in [3.63, 3.8) is 0 Å². The third-order valence-corrected chi connectivity index (χ3v) is 3.90. The molecule has 0 bridgehead atoms. The van der Waals surface area contributed by atoms with Gasteiger partial charge in [0, 0.05) is 24.3 Å². The summed E-state index contributed by atoms with van der Waals surface area (Å²) in [7, 11) is 0. The lowest BCUT2D eigenvalue weighted by atomic mass is 10.1. The first-order valence-electron chi connectivity index (χ1n) is 8.09. The van der Waals surface area contributed by atoms with Crippen LogP contribution >= 0.6 is 0 Å². The Balaban J connectivity index is 1.57. The van der Waals surface area contributed by atoms with E-state index in [9.17, 15) is 9.59 Å². The van der Waals surface area contributed by atoms with Crippen LogP contribution in [-0.2, 0) is 4.79 Å².